The van der Waals surface area contributed by atoms with Gasteiger partial charge in [0.1, 0.15) is 0 Å². The van der Waals surface area contributed by atoms with Crippen molar-refractivity contribution in [3.63, 3.8) is 0 Å². The van der Waals surface area contributed by atoms with Crippen LogP contribution in [0.3, 0.4) is 0 Å². The number of hydrogen-bond acceptors (Lipinski definition) is 2. The molecule has 4 heteroatoms. The first-order valence-corrected chi connectivity index (χ1v) is 5.26. The van der Waals surface area contributed by atoms with Gasteiger partial charge in [-0.2, -0.15) is 0 Å². The minimum atomic E-state index is 0.188. The van der Waals surface area contributed by atoms with Crippen LogP contribution in [0.25, 0.3) is 0 Å². The molecule has 1 aliphatic carbocycles. The standard InChI is InChI=1S/C10H14N2O2/c13-10-8-4-5-14-6-9(8)11-12(10)7-2-1-3-7/h7,11H,1-6H2. The van der Waals surface area contributed by atoms with Gasteiger partial charge in [-0.05, 0) is 19.3 Å². The Morgan fingerprint density at radius 2 is 2.29 bits per heavy atom. The number of rotatable bonds is 1. The summed E-state index contributed by atoms with van der Waals surface area (Å²) in [6.07, 6.45) is 4.29. The number of nitrogens with one attached hydrogen (secondary N) is 1. The highest BCUT2D eigenvalue weighted by Crippen LogP contribution is 2.30. The molecule has 0 saturated heterocycles. The molecular weight excluding hydrogens is 180 g/mol. The Morgan fingerprint density at radius 1 is 1.43 bits per heavy atom. The maximum absolute atomic E-state index is 11.9. The average Bonchev–Trinajstić information content (AvgIpc) is 2.43. The van der Waals surface area contributed by atoms with Crippen molar-refractivity contribution < 1.29 is 4.74 Å². The lowest BCUT2D eigenvalue weighted by Crippen LogP contribution is -2.28. The summed E-state index contributed by atoms with van der Waals surface area (Å²) in [4.78, 5) is 11.9. The molecule has 0 amide bonds. The molecule has 4 nitrogen and oxygen atoms in total. The van der Waals surface area contributed by atoms with E-state index in [1.165, 1.54) is 6.42 Å². The van der Waals surface area contributed by atoms with E-state index in [-0.39, 0.29) is 5.56 Å². The minimum absolute atomic E-state index is 0.188. The van der Waals surface area contributed by atoms with Crippen LogP contribution in [0.5, 0.6) is 0 Å². The van der Waals surface area contributed by atoms with Gasteiger partial charge in [0.2, 0.25) is 0 Å². The maximum atomic E-state index is 11.9. The molecule has 0 aromatic carbocycles. The van der Waals surface area contributed by atoms with E-state index in [0.717, 1.165) is 30.5 Å². The molecule has 1 aromatic heterocycles. The highest BCUT2D eigenvalue weighted by Gasteiger charge is 2.25. The zero-order valence-electron chi connectivity index (χ0n) is 8.08. The molecule has 0 unspecified atom stereocenters. The molecule has 2 aliphatic rings. The van der Waals surface area contributed by atoms with Gasteiger partial charge in [0.15, 0.2) is 0 Å². The van der Waals surface area contributed by atoms with Crippen LogP contribution < -0.4 is 5.56 Å². The summed E-state index contributed by atoms with van der Waals surface area (Å²) in [5.74, 6) is 0. The second-order valence-electron chi connectivity index (χ2n) is 4.13. The predicted octanol–water partition coefficient (Wildman–Crippen LogP) is 0.974. The lowest BCUT2D eigenvalue weighted by Gasteiger charge is -2.25. The van der Waals surface area contributed by atoms with Crippen LogP contribution in [0.15, 0.2) is 4.79 Å². The Hall–Kier alpha value is -1.03. The van der Waals surface area contributed by atoms with Gasteiger partial charge in [0, 0.05) is 12.0 Å². The van der Waals surface area contributed by atoms with Gasteiger partial charge >= 0.3 is 0 Å². The van der Waals surface area contributed by atoms with Crippen molar-refractivity contribution >= 4 is 0 Å². The van der Waals surface area contributed by atoms with Crippen LogP contribution in [0, 0.1) is 0 Å². The van der Waals surface area contributed by atoms with Gasteiger partial charge in [-0.1, -0.05) is 0 Å². The second kappa shape index (κ2) is 2.98. The van der Waals surface area contributed by atoms with E-state index in [4.69, 9.17) is 4.74 Å². The summed E-state index contributed by atoms with van der Waals surface area (Å²) in [5.41, 5.74) is 2.13. The van der Waals surface area contributed by atoms with Crippen LogP contribution in [0.4, 0.5) is 0 Å². The van der Waals surface area contributed by atoms with Crippen molar-refractivity contribution in [2.75, 3.05) is 6.61 Å². The van der Waals surface area contributed by atoms with Gasteiger partial charge in [0.05, 0.1) is 24.9 Å². The largest absolute Gasteiger partial charge is 0.375 e. The van der Waals surface area contributed by atoms with Crippen molar-refractivity contribution in [2.24, 2.45) is 0 Å². The predicted molar refractivity (Wildman–Crippen MR) is 51.3 cm³/mol. The summed E-state index contributed by atoms with van der Waals surface area (Å²) < 4.78 is 7.12. The normalized spacial score (nSPS) is 21.7. The van der Waals surface area contributed by atoms with Gasteiger partial charge in [-0.25, -0.2) is 4.68 Å². The fourth-order valence-corrected chi connectivity index (χ4v) is 2.17. The molecular formula is C10H14N2O2. The zero-order valence-corrected chi connectivity index (χ0v) is 8.08. The summed E-state index contributed by atoms with van der Waals surface area (Å²) in [6, 6.07) is 0.424. The molecule has 1 saturated carbocycles. The third kappa shape index (κ3) is 1.07. The van der Waals surface area contributed by atoms with Crippen molar-refractivity contribution in [1.82, 2.24) is 9.78 Å². The number of H-pyrrole nitrogens is 1. The number of nitrogens with zero attached hydrogens (tertiary/aromatic N) is 1. The molecule has 2 heterocycles. The first kappa shape index (κ1) is 8.29. The Morgan fingerprint density at radius 3 is 2.93 bits per heavy atom. The van der Waals surface area contributed by atoms with Gasteiger partial charge in [0.25, 0.3) is 5.56 Å². The second-order valence-corrected chi connectivity index (χ2v) is 4.13. The molecule has 76 valence electrons. The minimum Gasteiger partial charge on any atom is -0.375 e. The molecule has 0 bridgehead atoms. The van der Waals surface area contributed by atoms with Crippen LogP contribution in [0.2, 0.25) is 0 Å². The molecule has 14 heavy (non-hydrogen) atoms. The van der Waals surface area contributed by atoms with Crippen molar-refractivity contribution in [2.45, 2.75) is 38.3 Å². The summed E-state index contributed by atoms with van der Waals surface area (Å²) in [5, 5.41) is 3.18. The smallest absolute Gasteiger partial charge is 0.270 e. The topological polar surface area (TPSA) is 47.0 Å². The van der Waals surface area contributed by atoms with E-state index in [1.54, 1.807) is 0 Å². The van der Waals surface area contributed by atoms with E-state index in [0.29, 0.717) is 19.3 Å². The number of ether oxygens (including phenoxy) is 1. The summed E-state index contributed by atoms with van der Waals surface area (Å²) in [7, 11) is 0. The fraction of sp³-hybridized carbons (Fsp3) is 0.700. The third-order valence-electron chi connectivity index (χ3n) is 3.28. The summed E-state index contributed by atoms with van der Waals surface area (Å²) in [6.45, 7) is 1.26. The Balaban J connectivity index is 2.04. The van der Waals surface area contributed by atoms with Crippen molar-refractivity contribution in [3.8, 4) is 0 Å². The first-order valence-electron chi connectivity index (χ1n) is 5.26. The maximum Gasteiger partial charge on any atom is 0.270 e. The van der Waals surface area contributed by atoms with E-state index < -0.39 is 0 Å². The highest BCUT2D eigenvalue weighted by atomic mass is 16.5. The van der Waals surface area contributed by atoms with E-state index in [2.05, 4.69) is 5.10 Å². The number of aromatic nitrogens is 2. The molecule has 1 aromatic rings. The van der Waals surface area contributed by atoms with Crippen LogP contribution in [0.1, 0.15) is 36.6 Å². The molecule has 1 N–H and O–H groups in total. The highest BCUT2D eigenvalue weighted by molar-refractivity contribution is 5.19. The fourth-order valence-electron chi connectivity index (χ4n) is 2.17. The molecule has 3 rings (SSSR count). The van der Waals surface area contributed by atoms with E-state index >= 15 is 0 Å². The van der Waals surface area contributed by atoms with Gasteiger partial charge in [-0.15, -0.1) is 0 Å². The Bertz CT molecular complexity index is 401. The summed E-state index contributed by atoms with van der Waals surface area (Å²) >= 11 is 0. The molecule has 1 fully saturated rings. The lowest BCUT2D eigenvalue weighted by atomic mass is 9.93. The van der Waals surface area contributed by atoms with Gasteiger partial charge < -0.3 is 4.74 Å². The SMILES string of the molecule is O=c1c2c([nH]n1C1CCC1)COCC2. The van der Waals surface area contributed by atoms with Crippen LogP contribution in [-0.4, -0.2) is 16.4 Å². The Labute approximate surface area is 81.9 Å². The van der Waals surface area contributed by atoms with E-state index in [1.807, 2.05) is 4.68 Å². The average molecular weight is 194 g/mol. The molecule has 1 aliphatic heterocycles. The molecule has 0 spiro atoms. The Kier molecular flexibility index (Phi) is 1.77. The number of aromatic amines is 1. The third-order valence-corrected chi connectivity index (χ3v) is 3.28. The van der Waals surface area contributed by atoms with Crippen LogP contribution >= 0.6 is 0 Å². The lowest BCUT2D eigenvalue weighted by molar-refractivity contribution is 0.107. The quantitative estimate of drug-likeness (QED) is 0.724. The number of fused-ring (bicyclic) bond motifs is 1. The monoisotopic (exact) mass is 194 g/mol. The van der Waals surface area contributed by atoms with Gasteiger partial charge in [-0.3, -0.25) is 9.89 Å². The molecule has 0 radical (unpaired) electrons. The van der Waals surface area contributed by atoms with Crippen molar-refractivity contribution in [3.05, 3.63) is 21.6 Å². The molecule has 0 atom stereocenters. The first-order chi connectivity index (χ1) is 6.86. The van der Waals surface area contributed by atoms with Crippen molar-refractivity contribution in [1.29, 1.82) is 0 Å². The van der Waals surface area contributed by atoms with E-state index in [9.17, 15) is 4.79 Å². The number of hydrogen-bond donors (Lipinski definition) is 1. The van der Waals surface area contributed by atoms with Crippen LogP contribution in [-0.2, 0) is 17.8 Å². The zero-order chi connectivity index (χ0) is 9.54.